The Morgan fingerprint density at radius 1 is 0.978 bits per heavy atom. The van der Waals surface area contributed by atoms with E-state index in [4.69, 9.17) is 28.1 Å². The molecule has 46 heavy (non-hydrogen) atoms. The third-order valence-corrected chi connectivity index (χ3v) is 8.14. The number of hydrogen-bond acceptors (Lipinski definition) is 11. The molecule has 1 aliphatic heterocycles. The van der Waals surface area contributed by atoms with Crippen LogP contribution in [0.1, 0.15) is 48.5 Å². The van der Waals surface area contributed by atoms with E-state index < -0.39 is 18.0 Å². The molecule has 0 saturated heterocycles. The summed E-state index contributed by atoms with van der Waals surface area (Å²) in [5, 5.41) is 0. The molecule has 12 heteroatoms. The van der Waals surface area contributed by atoms with Gasteiger partial charge in [0.25, 0.3) is 5.56 Å². The molecule has 0 aliphatic carbocycles. The first kappa shape index (κ1) is 32.5. The van der Waals surface area contributed by atoms with Gasteiger partial charge in [0.2, 0.25) is 0 Å². The molecule has 2 aromatic heterocycles. The molecule has 0 fully saturated rings. The number of rotatable bonds is 12. The third-order valence-electron chi connectivity index (χ3n) is 7.16. The minimum absolute atomic E-state index is 0.0338. The fraction of sp³-hybridized carbons (Fsp3) is 0.294. The van der Waals surface area contributed by atoms with E-state index >= 15 is 0 Å². The largest absolute Gasteiger partial charge is 0.493 e. The van der Waals surface area contributed by atoms with Gasteiger partial charge in [-0.2, -0.15) is 0 Å². The molecule has 1 aliphatic rings. The Bertz CT molecular complexity index is 1950. The van der Waals surface area contributed by atoms with Crippen molar-refractivity contribution in [3.8, 4) is 22.8 Å². The molecule has 0 radical (unpaired) electrons. The molecular weight excluding hydrogens is 612 g/mol. The van der Waals surface area contributed by atoms with Crippen LogP contribution in [0, 0.1) is 0 Å². The first-order chi connectivity index (χ1) is 22.3. The summed E-state index contributed by atoms with van der Waals surface area (Å²) in [6.07, 6.45) is 1.64. The minimum atomic E-state index is -0.907. The Morgan fingerprint density at radius 2 is 1.76 bits per heavy atom. The quantitative estimate of drug-likeness (QED) is 0.164. The number of allylic oxidation sites excluding steroid dienone is 1. The molecule has 4 aromatic rings. The number of esters is 2. The number of aromatic nitrogens is 1. The number of carbonyl (C=O) groups is 2. The van der Waals surface area contributed by atoms with Gasteiger partial charge in [0.1, 0.15) is 24.2 Å². The summed E-state index contributed by atoms with van der Waals surface area (Å²) >= 11 is 1.18. The highest BCUT2D eigenvalue weighted by atomic mass is 32.1. The maximum absolute atomic E-state index is 14.1. The van der Waals surface area contributed by atoms with Gasteiger partial charge in [-0.15, -0.1) is 0 Å². The van der Waals surface area contributed by atoms with Crippen LogP contribution in [0.15, 0.2) is 80.1 Å². The van der Waals surface area contributed by atoms with Crippen molar-refractivity contribution >= 4 is 29.4 Å². The zero-order chi connectivity index (χ0) is 32.8. The predicted octanol–water partition coefficient (Wildman–Crippen LogP) is 4.27. The van der Waals surface area contributed by atoms with Crippen LogP contribution in [-0.4, -0.2) is 57.2 Å². The van der Waals surface area contributed by atoms with Gasteiger partial charge in [-0.1, -0.05) is 35.6 Å². The Labute approximate surface area is 269 Å². The SMILES string of the molecule is CCOC(=O)c1ccc(-c2ccc(/C=c3/sc4n(c3=O)[C@H](c3cccc(OC)c3OCC)C(C(=O)OCCOC)=C(C)N=4)o2)cc1. The Morgan fingerprint density at radius 3 is 2.46 bits per heavy atom. The lowest BCUT2D eigenvalue weighted by atomic mass is 9.94. The summed E-state index contributed by atoms with van der Waals surface area (Å²) in [5.74, 6) is 0.856. The third kappa shape index (κ3) is 6.53. The van der Waals surface area contributed by atoms with Crippen LogP contribution in [0.2, 0.25) is 0 Å². The standard InChI is InChI=1S/C34H34N2O9S/c1-6-42-30-24(9-8-10-26(30)41-5)29-28(33(39)44-18-17-40-4)20(3)35-34-36(29)31(37)27(46-34)19-23-15-16-25(45-23)21-11-13-22(14-12-21)32(38)43-7-2/h8-16,19,29H,6-7,17-18H2,1-5H3/b27-19+/t29-/m1/s1. The number of methoxy groups -OCH3 is 2. The van der Waals surface area contributed by atoms with E-state index in [9.17, 15) is 14.4 Å². The average Bonchev–Trinajstić information content (AvgIpc) is 3.64. The zero-order valence-electron chi connectivity index (χ0n) is 26.2. The maximum Gasteiger partial charge on any atom is 0.338 e. The number of benzene rings is 2. The maximum atomic E-state index is 14.1. The van der Waals surface area contributed by atoms with E-state index in [2.05, 4.69) is 4.99 Å². The lowest BCUT2D eigenvalue weighted by Crippen LogP contribution is -2.40. The number of hydrogen-bond donors (Lipinski definition) is 0. The van der Waals surface area contributed by atoms with Gasteiger partial charge in [-0.3, -0.25) is 9.36 Å². The van der Waals surface area contributed by atoms with Crippen molar-refractivity contribution in [2.75, 3.05) is 40.6 Å². The van der Waals surface area contributed by atoms with E-state index in [1.807, 2.05) is 6.92 Å². The molecule has 0 spiro atoms. The monoisotopic (exact) mass is 646 g/mol. The molecule has 0 bridgehead atoms. The second kappa shape index (κ2) is 14.4. The van der Waals surface area contributed by atoms with Crippen LogP contribution in [0.3, 0.4) is 0 Å². The first-order valence-corrected chi connectivity index (χ1v) is 15.5. The molecule has 5 rings (SSSR count). The van der Waals surface area contributed by atoms with Gasteiger partial charge >= 0.3 is 11.9 Å². The van der Waals surface area contributed by atoms with Crippen LogP contribution < -0.4 is 24.4 Å². The molecule has 0 unspecified atom stereocenters. The highest BCUT2D eigenvalue weighted by Gasteiger charge is 2.36. The van der Waals surface area contributed by atoms with Crippen molar-refractivity contribution in [1.82, 2.24) is 4.57 Å². The molecule has 0 amide bonds. The predicted molar refractivity (Wildman–Crippen MR) is 171 cm³/mol. The van der Waals surface area contributed by atoms with Gasteiger partial charge < -0.3 is 28.1 Å². The Hall–Kier alpha value is -4.94. The lowest BCUT2D eigenvalue weighted by Gasteiger charge is -2.27. The highest BCUT2D eigenvalue weighted by molar-refractivity contribution is 7.07. The van der Waals surface area contributed by atoms with Crippen molar-refractivity contribution in [3.05, 3.63) is 102 Å². The average molecular weight is 647 g/mol. The summed E-state index contributed by atoms with van der Waals surface area (Å²) in [6, 6.07) is 14.8. The molecular formula is C34H34N2O9S. The van der Waals surface area contributed by atoms with Gasteiger partial charge in [-0.25, -0.2) is 14.6 Å². The second-order valence-corrected chi connectivity index (χ2v) is 11.0. The van der Waals surface area contributed by atoms with E-state index in [1.54, 1.807) is 74.5 Å². The normalized spacial score (nSPS) is 14.5. The van der Waals surface area contributed by atoms with E-state index in [-0.39, 0.29) is 24.3 Å². The van der Waals surface area contributed by atoms with Crippen molar-refractivity contribution in [3.63, 3.8) is 0 Å². The van der Waals surface area contributed by atoms with Crippen molar-refractivity contribution in [2.24, 2.45) is 4.99 Å². The number of nitrogens with zero attached hydrogens (tertiary/aromatic N) is 2. The van der Waals surface area contributed by atoms with E-state index in [0.717, 1.165) is 5.56 Å². The van der Waals surface area contributed by atoms with Gasteiger partial charge in [-0.05, 0) is 51.1 Å². The van der Waals surface area contributed by atoms with Crippen LogP contribution in [0.5, 0.6) is 11.5 Å². The summed E-state index contributed by atoms with van der Waals surface area (Å²) in [6.45, 7) is 6.18. The smallest absolute Gasteiger partial charge is 0.338 e. The minimum Gasteiger partial charge on any atom is -0.493 e. The number of thiazole rings is 1. The van der Waals surface area contributed by atoms with Gasteiger partial charge in [0, 0.05) is 24.3 Å². The van der Waals surface area contributed by atoms with Gasteiger partial charge in [0.05, 0.1) is 48.3 Å². The fourth-order valence-corrected chi connectivity index (χ4v) is 6.11. The Balaban J connectivity index is 1.59. The number of para-hydroxylation sites is 1. The Kier molecular flexibility index (Phi) is 10.2. The zero-order valence-corrected chi connectivity index (χ0v) is 27.0. The molecule has 11 nitrogen and oxygen atoms in total. The van der Waals surface area contributed by atoms with Crippen molar-refractivity contribution < 1.29 is 37.7 Å². The van der Waals surface area contributed by atoms with Crippen LogP contribution in [0.4, 0.5) is 0 Å². The van der Waals surface area contributed by atoms with E-state index in [0.29, 0.717) is 62.4 Å². The molecule has 1 atom stereocenters. The van der Waals surface area contributed by atoms with Gasteiger partial charge in [0.15, 0.2) is 16.3 Å². The summed E-state index contributed by atoms with van der Waals surface area (Å²) in [5.41, 5.74) is 1.99. The van der Waals surface area contributed by atoms with E-state index in [1.165, 1.54) is 30.1 Å². The number of ether oxygens (including phenoxy) is 5. The topological polar surface area (TPSA) is 128 Å². The van der Waals surface area contributed by atoms with Crippen LogP contribution >= 0.6 is 11.3 Å². The summed E-state index contributed by atoms with van der Waals surface area (Å²) < 4.78 is 35.1. The summed E-state index contributed by atoms with van der Waals surface area (Å²) in [4.78, 5) is 44.7. The molecule has 3 heterocycles. The van der Waals surface area contributed by atoms with Crippen LogP contribution in [0.25, 0.3) is 17.4 Å². The number of carbonyl (C=O) groups excluding carboxylic acids is 2. The number of furan rings is 1. The highest BCUT2D eigenvalue weighted by Crippen LogP contribution is 2.40. The second-order valence-electron chi connectivity index (χ2n) is 10.0. The molecule has 2 aromatic carbocycles. The summed E-state index contributed by atoms with van der Waals surface area (Å²) in [7, 11) is 3.04. The fourth-order valence-electron chi connectivity index (χ4n) is 5.08. The lowest BCUT2D eigenvalue weighted by molar-refractivity contribution is -0.140. The number of fused-ring (bicyclic) bond motifs is 1. The van der Waals surface area contributed by atoms with Crippen LogP contribution in [-0.2, 0) is 19.0 Å². The van der Waals surface area contributed by atoms with Crippen molar-refractivity contribution in [2.45, 2.75) is 26.8 Å². The molecule has 0 saturated carbocycles. The van der Waals surface area contributed by atoms with Crippen molar-refractivity contribution in [1.29, 1.82) is 0 Å². The molecule has 0 N–H and O–H groups in total. The molecule has 240 valence electrons. The first-order valence-electron chi connectivity index (χ1n) is 14.7.